The highest BCUT2D eigenvalue weighted by Crippen LogP contribution is 2.21. The zero-order valence-corrected chi connectivity index (χ0v) is 12.8. The van der Waals surface area contributed by atoms with Crippen LogP contribution in [-0.4, -0.2) is 27.0 Å². The fourth-order valence-corrected chi connectivity index (χ4v) is 2.37. The molecule has 0 fully saturated rings. The minimum atomic E-state index is -0.451. The van der Waals surface area contributed by atoms with Gasteiger partial charge in [-0.15, -0.1) is 5.10 Å². The molecule has 3 rings (SSSR count). The monoisotopic (exact) mass is 310 g/mol. The molecule has 7 nitrogen and oxygen atoms in total. The summed E-state index contributed by atoms with van der Waals surface area (Å²) >= 11 is 0. The van der Waals surface area contributed by atoms with Crippen LogP contribution in [0.15, 0.2) is 42.6 Å². The van der Waals surface area contributed by atoms with E-state index in [1.165, 1.54) is 0 Å². The molecule has 0 aliphatic carbocycles. The second kappa shape index (κ2) is 6.05. The molecule has 0 aliphatic rings. The van der Waals surface area contributed by atoms with Crippen molar-refractivity contribution in [1.29, 1.82) is 0 Å². The first-order valence-corrected chi connectivity index (χ1v) is 7.37. The molecule has 0 bridgehead atoms. The Labute approximate surface area is 133 Å². The number of primary amides is 1. The van der Waals surface area contributed by atoms with Gasteiger partial charge in [-0.3, -0.25) is 9.80 Å². The quantitative estimate of drug-likeness (QED) is 0.550. The summed E-state index contributed by atoms with van der Waals surface area (Å²) in [5.74, 6) is 6.22. The zero-order chi connectivity index (χ0) is 16.4. The van der Waals surface area contributed by atoms with Crippen molar-refractivity contribution >= 4 is 17.4 Å². The highest BCUT2D eigenvalue weighted by atomic mass is 16.1. The topological polar surface area (TPSA) is 103 Å². The van der Waals surface area contributed by atoms with Crippen molar-refractivity contribution < 1.29 is 4.79 Å². The molecule has 1 amide bonds. The van der Waals surface area contributed by atoms with E-state index in [1.54, 1.807) is 27.9 Å². The Morgan fingerprint density at radius 3 is 2.61 bits per heavy atom. The number of carbonyl (C=O) groups is 1. The molecular weight excluding hydrogens is 292 g/mol. The van der Waals surface area contributed by atoms with Crippen LogP contribution in [0, 0.1) is 0 Å². The summed E-state index contributed by atoms with van der Waals surface area (Å²) in [7, 11) is 0. The molecule has 4 N–H and O–H groups in total. The van der Waals surface area contributed by atoms with E-state index in [-0.39, 0.29) is 0 Å². The second-order valence-electron chi connectivity index (χ2n) is 5.24. The fraction of sp³-hybridized carbons (Fsp3) is 0.188. The van der Waals surface area contributed by atoms with Crippen LogP contribution in [0.1, 0.15) is 23.7 Å². The molecule has 118 valence electrons. The highest BCUT2D eigenvalue weighted by Gasteiger charge is 2.10. The molecule has 0 aliphatic heterocycles. The minimum Gasteiger partial charge on any atom is -0.366 e. The molecule has 2 heterocycles. The summed E-state index contributed by atoms with van der Waals surface area (Å²) in [6.07, 6.45) is 2.67. The maximum Gasteiger partial charge on any atom is 0.248 e. The lowest BCUT2D eigenvalue weighted by Crippen LogP contribution is -2.32. The van der Waals surface area contributed by atoms with Crippen LogP contribution < -0.4 is 16.6 Å². The number of nitrogens with two attached hydrogens (primary N) is 2. The van der Waals surface area contributed by atoms with Crippen LogP contribution in [0.3, 0.4) is 0 Å². The normalized spacial score (nSPS) is 10.9. The first-order valence-electron chi connectivity index (χ1n) is 7.37. The van der Waals surface area contributed by atoms with Crippen molar-refractivity contribution in [2.45, 2.75) is 13.3 Å². The van der Waals surface area contributed by atoms with Crippen molar-refractivity contribution in [3.8, 4) is 11.3 Å². The lowest BCUT2D eigenvalue weighted by atomic mass is 10.1. The Balaban J connectivity index is 2.03. The SMILES string of the molecule is CCCN(N)c1ccc2ncc(-c3ccc(C(N)=O)cc3)n2n1. The van der Waals surface area contributed by atoms with E-state index in [9.17, 15) is 4.79 Å². The third-order valence-electron chi connectivity index (χ3n) is 3.57. The van der Waals surface area contributed by atoms with Crippen molar-refractivity contribution in [1.82, 2.24) is 14.6 Å². The lowest BCUT2D eigenvalue weighted by molar-refractivity contribution is 0.100. The van der Waals surface area contributed by atoms with Gasteiger partial charge in [0.05, 0.1) is 11.9 Å². The van der Waals surface area contributed by atoms with E-state index >= 15 is 0 Å². The van der Waals surface area contributed by atoms with Gasteiger partial charge < -0.3 is 5.73 Å². The Hall–Kier alpha value is -2.93. The van der Waals surface area contributed by atoms with E-state index in [0.29, 0.717) is 11.4 Å². The van der Waals surface area contributed by atoms with Crippen molar-refractivity contribution in [2.24, 2.45) is 11.6 Å². The average molecular weight is 310 g/mol. The summed E-state index contributed by atoms with van der Waals surface area (Å²) in [5.41, 5.74) is 8.18. The van der Waals surface area contributed by atoms with Crippen molar-refractivity contribution in [3.63, 3.8) is 0 Å². The third kappa shape index (κ3) is 2.86. The number of hydrazine groups is 1. The van der Waals surface area contributed by atoms with Crippen LogP contribution in [-0.2, 0) is 0 Å². The number of hydrogen-bond donors (Lipinski definition) is 2. The maximum atomic E-state index is 11.2. The molecular formula is C16H18N6O. The predicted molar refractivity (Wildman–Crippen MR) is 88.8 cm³/mol. The van der Waals surface area contributed by atoms with Crippen LogP contribution >= 0.6 is 0 Å². The molecule has 1 aromatic carbocycles. The van der Waals surface area contributed by atoms with Crippen LogP contribution in [0.4, 0.5) is 5.82 Å². The number of hydrogen-bond acceptors (Lipinski definition) is 5. The number of imidazole rings is 1. The number of carbonyl (C=O) groups excluding carboxylic acids is 1. The molecule has 2 aromatic heterocycles. The standard InChI is InChI=1S/C16H18N6O/c1-2-9-21(18)15-8-7-14-19-10-13(22(14)20-15)11-3-5-12(6-4-11)16(17)23/h3-8,10H,2,9,18H2,1H3,(H2,17,23). The van der Waals surface area contributed by atoms with Gasteiger partial charge in [0.15, 0.2) is 11.5 Å². The molecule has 0 radical (unpaired) electrons. The smallest absolute Gasteiger partial charge is 0.248 e. The van der Waals surface area contributed by atoms with Gasteiger partial charge in [0.2, 0.25) is 5.91 Å². The number of amides is 1. The van der Waals surface area contributed by atoms with Gasteiger partial charge in [-0.05, 0) is 30.7 Å². The molecule has 23 heavy (non-hydrogen) atoms. The van der Waals surface area contributed by atoms with Gasteiger partial charge in [-0.1, -0.05) is 19.1 Å². The van der Waals surface area contributed by atoms with Gasteiger partial charge in [-0.25, -0.2) is 15.3 Å². The van der Waals surface area contributed by atoms with Gasteiger partial charge >= 0.3 is 0 Å². The van der Waals surface area contributed by atoms with E-state index in [0.717, 1.165) is 29.9 Å². The summed E-state index contributed by atoms with van der Waals surface area (Å²) in [6, 6.07) is 10.7. The zero-order valence-electron chi connectivity index (χ0n) is 12.8. The second-order valence-corrected chi connectivity index (χ2v) is 5.24. The van der Waals surface area contributed by atoms with Gasteiger partial charge in [0.25, 0.3) is 0 Å². The number of nitrogens with zero attached hydrogens (tertiary/aromatic N) is 4. The molecule has 0 saturated carbocycles. The molecule has 7 heteroatoms. The summed E-state index contributed by atoms with van der Waals surface area (Å²) in [4.78, 5) is 15.5. The summed E-state index contributed by atoms with van der Waals surface area (Å²) in [5, 5.41) is 6.16. The molecule has 0 unspecified atom stereocenters. The largest absolute Gasteiger partial charge is 0.366 e. The van der Waals surface area contributed by atoms with Crippen molar-refractivity contribution in [3.05, 3.63) is 48.2 Å². The Kier molecular flexibility index (Phi) is 3.94. The lowest BCUT2D eigenvalue weighted by Gasteiger charge is -2.16. The first-order chi connectivity index (χ1) is 11.1. The Morgan fingerprint density at radius 1 is 1.22 bits per heavy atom. The maximum absolute atomic E-state index is 11.2. The van der Waals surface area contributed by atoms with E-state index in [1.807, 2.05) is 24.3 Å². The average Bonchev–Trinajstić information content (AvgIpc) is 2.98. The van der Waals surface area contributed by atoms with Crippen LogP contribution in [0.5, 0.6) is 0 Å². The molecule has 3 aromatic rings. The Morgan fingerprint density at radius 2 is 1.96 bits per heavy atom. The Bertz CT molecular complexity index is 839. The summed E-state index contributed by atoms with van der Waals surface area (Å²) < 4.78 is 1.74. The fourth-order valence-electron chi connectivity index (χ4n) is 2.37. The van der Waals surface area contributed by atoms with Crippen LogP contribution in [0.25, 0.3) is 16.9 Å². The van der Waals surface area contributed by atoms with Crippen molar-refractivity contribution in [2.75, 3.05) is 11.6 Å². The van der Waals surface area contributed by atoms with Gasteiger partial charge in [0.1, 0.15) is 0 Å². The predicted octanol–water partition coefficient (Wildman–Crippen LogP) is 1.59. The highest BCUT2D eigenvalue weighted by molar-refractivity contribution is 5.93. The first kappa shape index (κ1) is 15.0. The number of benzene rings is 1. The number of rotatable bonds is 5. The van der Waals surface area contributed by atoms with Gasteiger partial charge in [0, 0.05) is 17.7 Å². The summed E-state index contributed by atoms with van der Waals surface area (Å²) in [6.45, 7) is 2.77. The third-order valence-corrected chi connectivity index (χ3v) is 3.57. The van der Waals surface area contributed by atoms with E-state index in [2.05, 4.69) is 17.0 Å². The van der Waals surface area contributed by atoms with Gasteiger partial charge in [-0.2, -0.15) is 0 Å². The minimum absolute atomic E-state index is 0.451. The molecule has 0 spiro atoms. The number of aromatic nitrogens is 3. The number of fused-ring (bicyclic) bond motifs is 1. The van der Waals surface area contributed by atoms with Crippen LogP contribution in [0.2, 0.25) is 0 Å². The van der Waals surface area contributed by atoms with E-state index in [4.69, 9.17) is 11.6 Å². The molecule has 0 atom stereocenters. The number of anilines is 1. The molecule has 0 saturated heterocycles. The van der Waals surface area contributed by atoms with E-state index < -0.39 is 5.91 Å².